The van der Waals surface area contributed by atoms with Crippen molar-refractivity contribution in [1.29, 1.82) is 0 Å². The summed E-state index contributed by atoms with van der Waals surface area (Å²) >= 11 is 11.8. The summed E-state index contributed by atoms with van der Waals surface area (Å²) in [7, 11) is 0. The van der Waals surface area contributed by atoms with Crippen LogP contribution < -0.4 is 14.8 Å². The zero-order valence-corrected chi connectivity index (χ0v) is 15.3. The van der Waals surface area contributed by atoms with Crippen LogP contribution in [0.1, 0.15) is 22.8 Å². The molecule has 0 radical (unpaired) electrons. The zero-order chi connectivity index (χ0) is 18.7. The van der Waals surface area contributed by atoms with Crippen LogP contribution in [0.3, 0.4) is 0 Å². The number of carbonyl (C=O) groups is 2. The average Bonchev–Trinajstić information content (AvgIpc) is 3.09. The van der Waals surface area contributed by atoms with Gasteiger partial charge in [-0.1, -0.05) is 29.3 Å². The largest absolute Gasteiger partial charge is 0.454 e. The minimum Gasteiger partial charge on any atom is -0.454 e. The molecule has 6 nitrogen and oxygen atoms in total. The SMILES string of the molecule is CC(OC(=O)c1cc(Cl)ccc1Cl)C(=O)NCc1ccc2c(c1)OCO2. The monoisotopic (exact) mass is 395 g/mol. The highest BCUT2D eigenvalue weighted by molar-refractivity contribution is 6.35. The predicted octanol–water partition coefficient (Wildman–Crippen LogP) is 3.58. The molecule has 26 heavy (non-hydrogen) atoms. The van der Waals surface area contributed by atoms with Crippen LogP contribution in [0.4, 0.5) is 0 Å². The molecule has 0 aliphatic carbocycles. The molecular weight excluding hydrogens is 381 g/mol. The van der Waals surface area contributed by atoms with Crippen LogP contribution in [0.15, 0.2) is 36.4 Å². The molecule has 1 atom stereocenters. The molecule has 1 unspecified atom stereocenters. The first-order chi connectivity index (χ1) is 12.4. The van der Waals surface area contributed by atoms with Gasteiger partial charge in [0.1, 0.15) is 0 Å². The lowest BCUT2D eigenvalue weighted by Gasteiger charge is -2.14. The van der Waals surface area contributed by atoms with Crippen LogP contribution in [0.5, 0.6) is 11.5 Å². The summed E-state index contributed by atoms with van der Waals surface area (Å²) in [5.41, 5.74) is 0.939. The maximum Gasteiger partial charge on any atom is 0.340 e. The molecular formula is C18H15Cl2NO5. The average molecular weight is 396 g/mol. The van der Waals surface area contributed by atoms with Crippen LogP contribution in [0.2, 0.25) is 10.0 Å². The Bertz CT molecular complexity index is 855. The molecule has 1 N–H and O–H groups in total. The molecule has 2 aromatic rings. The van der Waals surface area contributed by atoms with E-state index < -0.39 is 18.0 Å². The lowest BCUT2D eigenvalue weighted by atomic mass is 10.2. The van der Waals surface area contributed by atoms with Crippen molar-refractivity contribution >= 4 is 35.1 Å². The van der Waals surface area contributed by atoms with Gasteiger partial charge in [-0.3, -0.25) is 4.79 Å². The summed E-state index contributed by atoms with van der Waals surface area (Å²) in [6.07, 6.45) is -0.994. The normalized spacial score (nSPS) is 13.2. The first-order valence-corrected chi connectivity index (χ1v) is 8.52. The van der Waals surface area contributed by atoms with E-state index in [-0.39, 0.29) is 23.9 Å². The Morgan fingerprint density at radius 2 is 1.92 bits per heavy atom. The molecule has 1 aliphatic rings. The number of esters is 1. The highest BCUT2D eigenvalue weighted by atomic mass is 35.5. The number of hydrogen-bond acceptors (Lipinski definition) is 5. The number of hydrogen-bond donors (Lipinski definition) is 1. The van der Waals surface area contributed by atoms with Crippen LogP contribution in [0, 0.1) is 0 Å². The maximum atomic E-state index is 12.2. The minimum atomic E-state index is -0.994. The van der Waals surface area contributed by atoms with Gasteiger partial charge in [-0.05, 0) is 42.8 Å². The molecule has 3 rings (SSSR count). The van der Waals surface area contributed by atoms with Crippen molar-refractivity contribution in [3.05, 3.63) is 57.6 Å². The fourth-order valence-corrected chi connectivity index (χ4v) is 2.68. The Morgan fingerprint density at radius 3 is 2.73 bits per heavy atom. The number of fused-ring (bicyclic) bond motifs is 1. The highest BCUT2D eigenvalue weighted by Gasteiger charge is 2.21. The highest BCUT2D eigenvalue weighted by Crippen LogP contribution is 2.32. The van der Waals surface area contributed by atoms with E-state index in [1.54, 1.807) is 18.2 Å². The Hall–Kier alpha value is -2.44. The van der Waals surface area contributed by atoms with Crippen molar-refractivity contribution in [2.24, 2.45) is 0 Å². The summed E-state index contributed by atoms with van der Waals surface area (Å²) in [4.78, 5) is 24.3. The van der Waals surface area contributed by atoms with Gasteiger partial charge >= 0.3 is 5.97 Å². The standard InChI is InChI=1S/C18H15Cl2NO5/c1-10(26-18(23)13-7-12(19)3-4-14(13)20)17(22)21-8-11-2-5-15-16(6-11)25-9-24-15/h2-7,10H,8-9H2,1H3,(H,21,22). The first kappa shape index (κ1) is 18.4. The van der Waals surface area contributed by atoms with E-state index in [4.69, 9.17) is 37.4 Å². The number of benzene rings is 2. The summed E-state index contributed by atoms with van der Waals surface area (Å²) in [5, 5.41) is 3.25. The molecule has 0 aromatic heterocycles. The van der Waals surface area contributed by atoms with E-state index in [0.717, 1.165) is 5.56 Å². The second kappa shape index (κ2) is 7.85. The van der Waals surface area contributed by atoms with E-state index in [1.807, 2.05) is 6.07 Å². The molecule has 0 saturated heterocycles. The van der Waals surface area contributed by atoms with Gasteiger partial charge in [-0.2, -0.15) is 0 Å². The van der Waals surface area contributed by atoms with Gasteiger partial charge in [-0.25, -0.2) is 4.79 Å². The number of amides is 1. The minimum absolute atomic E-state index is 0.106. The molecule has 0 fully saturated rings. The number of nitrogens with one attached hydrogen (secondary N) is 1. The Labute approximate surface area is 159 Å². The molecule has 0 saturated carbocycles. The summed E-state index contributed by atoms with van der Waals surface area (Å²) in [6, 6.07) is 9.81. The molecule has 1 amide bonds. The van der Waals surface area contributed by atoms with Crippen LogP contribution in [-0.4, -0.2) is 24.8 Å². The molecule has 0 spiro atoms. The van der Waals surface area contributed by atoms with Crippen LogP contribution >= 0.6 is 23.2 Å². The van der Waals surface area contributed by atoms with Gasteiger partial charge in [0.25, 0.3) is 5.91 Å². The molecule has 2 aromatic carbocycles. The Morgan fingerprint density at radius 1 is 1.15 bits per heavy atom. The van der Waals surface area contributed by atoms with Crippen LogP contribution in [0.25, 0.3) is 0 Å². The molecule has 0 bridgehead atoms. The quantitative estimate of drug-likeness (QED) is 0.783. The smallest absolute Gasteiger partial charge is 0.340 e. The van der Waals surface area contributed by atoms with Crippen molar-refractivity contribution in [2.45, 2.75) is 19.6 Å². The first-order valence-electron chi connectivity index (χ1n) is 7.76. The summed E-state index contributed by atoms with van der Waals surface area (Å²) in [6.45, 7) is 1.92. The fraction of sp³-hybridized carbons (Fsp3) is 0.222. The third-order valence-electron chi connectivity index (χ3n) is 3.71. The van der Waals surface area contributed by atoms with E-state index in [9.17, 15) is 9.59 Å². The van der Waals surface area contributed by atoms with E-state index in [0.29, 0.717) is 16.5 Å². The van der Waals surface area contributed by atoms with Gasteiger partial charge in [0.05, 0.1) is 10.6 Å². The number of carbonyl (C=O) groups excluding carboxylic acids is 2. The summed E-state index contributed by atoms with van der Waals surface area (Å²) < 4.78 is 15.7. The number of halogens is 2. The molecule has 1 heterocycles. The molecule has 1 aliphatic heterocycles. The second-order valence-electron chi connectivity index (χ2n) is 5.58. The van der Waals surface area contributed by atoms with E-state index >= 15 is 0 Å². The van der Waals surface area contributed by atoms with Gasteiger partial charge in [0, 0.05) is 11.6 Å². The van der Waals surface area contributed by atoms with E-state index in [2.05, 4.69) is 5.32 Å². The zero-order valence-electron chi connectivity index (χ0n) is 13.8. The number of ether oxygens (including phenoxy) is 3. The van der Waals surface area contributed by atoms with Crippen LogP contribution in [-0.2, 0) is 16.1 Å². The third kappa shape index (κ3) is 4.20. The summed E-state index contributed by atoms with van der Waals surface area (Å²) in [5.74, 6) is 0.144. The van der Waals surface area contributed by atoms with Crippen molar-refractivity contribution in [3.8, 4) is 11.5 Å². The second-order valence-corrected chi connectivity index (χ2v) is 6.42. The lowest BCUT2D eigenvalue weighted by molar-refractivity contribution is -0.129. The molecule has 136 valence electrons. The van der Waals surface area contributed by atoms with Gasteiger partial charge in [-0.15, -0.1) is 0 Å². The molecule has 8 heteroatoms. The fourth-order valence-electron chi connectivity index (χ4n) is 2.32. The van der Waals surface area contributed by atoms with Crippen molar-refractivity contribution in [3.63, 3.8) is 0 Å². The Kier molecular flexibility index (Phi) is 5.54. The van der Waals surface area contributed by atoms with Crippen molar-refractivity contribution < 1.29 is 23.8 Å². The topological polar surface area (TPSA) is 73.9 Å². The third-order valence-corrected chi connectivity index (χ3v) is 4.27. The van der Waals surface area contributed by atoms with Gasteiger partial charge < -0.3 is 19.5 Å². The maximum absolute atomic E-state index is 12.2. The van der Waals surface area contributed by atoms with E-state index in [1.165, 1.54) is 19.1 Å². The van der Waals surface area contributed by atoms with Crippen molar-refractivity contribution in [2.75, 3.05) is 6.79 Å². The number of rotatable bonds is 5. The Balaban J connectivity index is 1.56. The van der Waals surface area contributed by atoms with Crippen molar-refractivity contribution in [1.82, 2.24) is 5.32 Å². The van der Waals surface area contributed by atoms with Gasteiger partial charge in [0.15, 0.2) is 17.6 Å². The van der Waals surface area contributed by atoms with Gasteiger partial charge in [0.2, 0.25) is 6.79 Å². The lowest BCUT2D eigenvalue weighted by Crippen LogP contribution is -2.35. The predicted molar refractivity (Wildman–Crippen MR) is 95.8 cm³/mol.